The van der Waals surface area contributed by atoms with Crippen LogP contribution in [0.4, 0.5) is 5.82 Å². The van der Waals surface area contributed by atoms with E-state index in [2.05, 4.69) is 21.1 Å². The second-order valence-electron chi connectivity index (χ2n) is 6.37. The molecule has 0 saturated carbocycles. The summed E-state index contributed by atoms with van der Waals surface area (Å²) in [5, 5.41) is 2.64. The monoisotopic (exact) mass is 349 g/mol. The van der Waals surface area contributed by atoms with Gasteiger partial charge in [-0.2, -0.15) is 0 Å². The van der Waals surface area contributed by atoms with Gasteiger partial charge in [-0.05, 0) is 37.1 Å². The molecule has 26 heavy (non-hydrogen) atoms. The zero-order valence-electron chi connectivity index (χ0n) is 14.7. The van der Waals surface area contributed by atoms with Gasteiger partial charge < -0.3 is 15.0 Å². The molecule has 1 amide bonds. The number of para-hydroxylation sites is 1. The Bertz CT molecular complexity index is 753. The predicted molar refractivity (Wildman–Crippen MR) is 102 cm³/mol. The van der Waals surface area contributed by atoms with Crippen LogP contribution in [0.25, 0.3) is 0 Å². The maximum Gasteiger partial charge on any atom is 0.253 e. The summed E-state index contributed by atoms with van der Waals surface area (Å²) in [5.41, 5.74) is 0.518. The normalized spacial score (nSPS) is 16.6. The molecule has 5 heteroatoms. The van der Waals surface area contributed by atoms with Crippen LogP contribution < -0.4 is 15.0 Å². The number of benzene rings is 1. The summed E-state index contributed by atoms with van der Waals surface area (Å²) in [6.07, 6.45) is 9.01. The van der Waals surface area contributed by atoms with Crippen molar-refractivity contribution < 1.29 is 9.53 Å². The second kappa shape index (κ2) is 8.91. The number of rotatable bonds is 6. The number of hydrogen-bond acceptors (Lipinski definition) is 4. The van der Waals surface area contributed by atoms with Crippen molar-refractivity contribution in [3.8, 4) is 18.1 Å². The van der Waals surface area contributed by atoms with E-state index in [0.717, 1.165) is 37.5 Å². The van der Waals surface area contributed by atoms with Gasteiger partial charge in [-0.3, -0.25) is 4.79 Å². The number of nitrogens with one attached hydrogen (secondary N) is 1. The summed E-state index contributed by atoms with van der Waals surface area (Å²) < 4.78 is 5.90. The molecule has 1 fully saturated rings. The Kier molecular flexibility index (Phi) is 6.10. The van der Waals surface area contributed by atoms with Gasteiger partial charge in [0.15, 0.2) is 0 Å². The van der Waals surface area contributed by atoms with Gasteiger partial charge >= 0.3 is 0 Å². The Morgan fingerprint density at radius 3 is 2.88 bits per heavy atom. The number of carbonyl (C=O) groups is 1. The molecular weight excluding hydrogens is 326 g/mol. The van der Waals surface area contributed by atoms with Gasteiger partial charge in [-0.25, -0.2) is 4.98 Å². The Labute approximate surface area is 154 Å². The zero-order chi connectivity index (χ0) is 18.2. The third kappa shape index (κ3) is 4.76. The summed E-state index contributed by atoms with van der Waals surface area (Å²) in [5.74, 6) is 4.45. The minimum Gasteiger partial charge on any atom is -0.493 e. The average Bonchev–Trinajstić information content (AvgIpc) is 2.71. The maximum atomic E-state index is 11.9. The Morgan fingerprint density at radius 1 is 1.31 bits per heavy atom. The van der Waals surface area contributed by atoms with Crippen LogP contribution in [0, 0.1) is 18.3 Å². The Balaban J connectivity index is 1.55. The van der Waals surface area contributed by atoms with Gasteiger partial charge in [-0.15, -0.1) is 6.42 Å². The number of piperidine rings is 1. The van der Waals surface area contributed by atoms with Crippen molar-refractivity contribution in [2.45, 2.75) is 12.8 Å². The van der Waals surface area contributed by atoms with Crippen LogP contribution in [0.2, 0.25) is 0 Å². The highest BCUT2D eigenvalue weighted by molar-refractivity contribution is 5.94. The molecule has 1 aromatic carbocycles. The molecule has 3 rings (SSSR count). The van der Waals surface area contributed by atoms with E-state index in [0.29, 0.717) is 18.1 Å². The van der Waals surface area contributed by atoms with Gasteiger partial charge in [0.2, 0.25) is 0 Å². The van der Waals surface area contributed by atoms with Crippen LogP contribution >= 0.6 is 0 Å². The molecule has 2 heterocycles. The number of ether oxygens (including phenoxy) is 1. The second-order valence-corrected chi connectivity index (χ2v) is 6.37. The van der Waals surface area contributed by atoms with Crippen LogP contribution in [0.15, 0.2) is 48.7 Å². The van der Waals surface area contributed by atoms with E-state index in [1.807, 2.05) is 36.4 Å². The van der Waals surface area contributed by atoms with E-state index >= 15 is 0 Å². The van der Waals surface area contributed by atoms with Crippen LogP contribution in [0.1, 0.15) is 23.2 Å². The zero-order valence-corrected chi connectivity index (χ0v) is 14.7. The number of amides is 1. The fourth-order valence-corrected chi connectivity index (χ4v) is 3.08. The summed E-state index contributed by atoms with van der Waals surface area (Å²) in [4.78, 5) is 18.6. The van der Waals surface area contributed by atoms with Crippen LogP contribution in [0.3, 0.4) is 0 Å². The van der Waals surface area contributed by atoms with Gasteiger partial charge in [0.25, 0.3) is 5.91 Å². The minimum absolute atomic E-state index is 0.199. The molecule has 0 bridgehead atoms. The van der Waals surface area contributed by atoms with Gasteiger partial charge in [0.1, 0.15) is 11.6 Å². The van der Waals surface area contributed by atoms with Crippen molar-refractivity contribution in [3.05, 3.63) is 54.2 Å². The quantitative estimate of drug-likeness (QED) is 0.815. The lowest BCUT2D eigenvalue weighted by atomic mass is 9.99. The molecule has 5 nitrogen and oxygen atoms in total. The fraction of sp³-hybridized carbons (Fsp3) is 0.333. The maximum absolute atomic E-state index is 11.9. The van der Waals surface area contributed by atoms with Crippen molar-refractivity contribution in [2.75, 3.05) is 31.1 Å². The summed E-state index contributed by atoms with van der Waals surface area (Å²) in [6.45, 7) is 2.79. The van der Waals surface area contributed by atoms with Crippen LogP contribution in [-0.2, 0) is 0 Å². The number of terminal acetylenes is 1. The summed E-state index contributed by atoms with van der Waals surface area (Å²) >= 11 is 0. The lowest BCUT2D eigenvalue weighted by molar-refractivity contribution is 0.0958. The summed E-state index contributed by atoms with van der Waals surface area (Å²) in [7, 11) is 0. The van der Waals surface area contributed by atoms with Crippen molar-refractivity contribution in [2.24, 2.45) is 5.92 Å². The van der Waals surface area contributed by atoms with E-state index in [9.17, 15) is 4.79 Å². The van der Waals surface area contributed by atoms with Crippen LogP contribution in [-0.4, -0.2) is 37.1 Å². The molecule has 134 valence electrons. The first-order chi connectivity index (χ1) is 12.8. The molecule has 0 spiro atoms. The number of nitrogens with zero attached hydrogens (tertiary/aromatic N) is 2. The van der Waals surface area contributed by atoms with E-state index in [1.165, 1.54) is 0 Å². The molecule has 1 saturated heterocycles. The molecule has 1 aliphatic rings. The van der Waals surface area contributed by atoms with Crippen molar-refractivity contribution >= 4 is 11.7 Å². The highest BCUT2D eigenvalue weighted by Crippen LogP contribution is 2.23. The third-order valence-corrected chi connectivity index (χ3v) is 4.43. The SMILES string of the molecule is C#CCNC(=O)c1ccc(N2CCCC(COc3ccccc3)C2)nc1. The number of pyridine rings is 1. The fourth-order valence-electron chi connectivity index (χ4n) is 3.08. The number of hydrogen-bond donors (Lipinski definition) is 1. The first-order valence-corrected chi connectivity index (χ1v) is 8.87. The van der Waals surface area contributed by atoms with Gasteiger partial charge in [0, 0.05) is 25.2 Å². The van der Waals surface area contributed by atoms with E-state index in [1.54, 1.807) is 12.3 Å². The molecule has 1 aliphatic heterocycles. The highest BCUT2D eigenvalue weighted by atomic mass is 16.5. The smallest absolute Gasteiger partial charge is 0.253 e. The lowest BCUT2D eigenvalue weighted by Gasteiger charge is -2.33. The average molecular weight is 349 g/mol. The van der Waals surface area contributed by atoms with Crippen LogP contribution in [0.5, 0.6) is 5.75 Å². The first-order valence-electron chi connectivity index (χ1n) is 8.87. The lowest BCUT2D eigenvalue weighted by Crippen LogP contribution is -2.38. The van der Waals surface area contributed by atoms with Crippen molar-refractivity contribution in [1.29, 1.82) is 0 Å². The standard InChI is InChI=1S/C21H23N3O2/c1-2-12-22-21(25)18-10-11-20(23-14-18)24-13-6-7-17(15-24)16-26-19-8-4-3-5-9-19/h1,3-5,8-11,14,17H,6-7,12-13,15-16H2,(H,22,25). The molecular formula is C21H23N3O2. The number of carbonyl (C=O) groups excluding carboxylic acids is 1. The third-order valence-electron chi connectivity index (χ3n) is 4.43. The van der Waals surface area contributed by atoms with Gasteiger partial charge in [-0.1, -0.05) is 24.1 Å². The Morgan fingerprint density at radius 2 is 2.15 bits per heavy atom. The molecule has 2 aromatic rings. The molecule has 0 aliphatic carbocycles. The van der Waals surface area contributed by atoms with E-state index in [-0.39, 0.29) is 12.5 Å². The first kappa shape index (κ1) is 17.8. The minimum atomic E-state index is -0.199. The number of aromatic nitrogens is 1. The van der Waals surface area contributed by atoms with Gasteiger partial charge in [0.05, 0.1) is 18.7 Å². The summed E-state index contributed by atoms with van der Waals surface area (Å²) in [6, 6.07) is 13.6. The molecule has 1 atom stereocenters. The van der Waals surface area contributed by atoms with Crippen molar-refractivity contribution in [3.63, 3.8) is 0 Å². The largest absolute Gasteiger partial charge is 0.493 e. The predicted octanol–water partition coefficient (Wildman–Crippen LogP) is 2.74. The molecule has 1 unspecified atom stereocenters. The molecule has 1 N–H and O–H groups in total. The van der Waals surface area contributed by atoms with E-state index in [4.69, 9.17) is 11.2 Å². The Hall–Kier alpha value is -3.00. The molecule has 1 aromatic heterocycles. The van der Waals surface area contributed by atoms with Crippen molar-refractivity contribution in [1.82, 2.24) is 10.3 Å². The van der Waals surface area contributed by atoms with E-state index < -0.39 is 0 Å². The topological polar surface area (TPSA) is 54.5 Å². The number of anilines is 1. The molecule has 0 radical (unpaired) electrons. The highest BCUT2D eigenvalue weighted by Gasteiger charge is 2.21.